The molecule has 1 fully saturated rings. The van der Waals surface area contributed by atoms with E-state index in [0.717, 1.165) is 5.56 Å². The van der Waals surface area contributed by atoms with Gasteiger partial charge in [-0.1, -0.05) is 12.1 Å². The zero-order valence-corrected chi connectivity index (χ0v) is 10.3. The van der Waals surface area contributed by atoms with Crippen molar-refractivity contribution in [3.63, 3.8) is 0 Å². The number of phenolic OH excluding ortho intramolecular Hbond substituents is 1. The van der Waals surface area contributed by atoms with Crippen molar-refractivity contribution in [3.05, 3.63) is 29.8 Å². The third-order valence-corrected chi connectivity index (χ3v) is 3.06. The van der Waals surface area contributed by atoms with Crippen LogP contribution < -0.4 is 0 Å². The summed E-state index contributed by atoms with van der Waals surface area (Å²) >= 11 is 0. The van der Waals surface area contributed by atoms with Gasteiger partial charge in [-0.2, -0.15) is 0 Å². The molecule has 1 saturated heterocycles. The second-order valence-electron chi connectivity index (χ2n) is 4.54. The molecule has 6 nitrogen and oxygen atoms in total. The number of aliphatic hydroxyl groups excluding tert-OH is 3. The van der Waals surface area contributed by atoms with Crippen LogP contribution >= 0.6 is 0 Å². The summed E-state index contributed by atoms with van der Waals surface area (Å²) in [4.78, 5) is 0. The Labute approximate surface area is 110 Å². The lowest BCUT2D eigenvalue weighted by Crippen LogP contribution is -2.53. The van der Waals surface area contributed by atoms with Gasteiger partial charge in [0.25, 0.3) is 0 Å². The van der Waals surface area contributed by atoms with Crippen molar-refractivity contribution in [1.29, 1.82) is 0 Å². The molecule has 0 bridgehead atoms. The van der Waals surface area contributed by atoms with Crippen molar-refractivity contribution in [2.45, 2.75) is 31.0 Å². The Morgan fingerprint density at radius 1 is 1.11 bits per heavy atom. The monoisotopic (exact) mass is 270 g/mol. The summed E-state index contributed by atoms with van der Waals surface area (Å²) < 4.78 is 10.5. The molecule has 0 amide bonds. The molecule has 0 aromatic heterocycles. The molecule has 4 N–H and O–H groups in total. The molecule has 0 radical (unpaired) electrons. The fraction of sp³-hybridized carbons (Fsp3) is 0.538. The average molecular weight is 270 g/mol. The molecule has 1 aromatic carbocycles. The molecule has 1 aliphatic heterocycles. The van der Waals surface area contributed by atoms with E-state index in [-0.39, 0.29) is 12.4 Å². The molecule has 0 saturated carbocycles. The number of hydrogen-bond acceptors (Lipinski definition) is 6. The molecule has 4 atom stereocenters. The van der Waals surface area contributed by atoms with E-state index in [2.05, 4.69) is 0 Å². The van der Waals surface area contributed by atoms with Crippen LogP contribution in [0.4, 0.5) is 0 Å². The molecule has 4 unspecified atom stereocenters. The number of phenols is 1. The molecule has 2 rings (SSSR count). The molecule has 6 heteroatoms. The Balaban J connectivity index is 1.78. The Hall–Kier alpha value is -1.18. The van der Waals surface area contributed by atoms with Crippen molar-refractivity contribution in [2.24, 2.45) is 0 Å². The second kappa shape index (κ2) is 6.31. The van der Waals surface area contributed by atoms with Crippen molar-refractivity contribution in [3.8, 4) is 5.75 Å². The van der Waals surface area contributed by atoms with E-state index in [0.29, 0.717) is 13.0 Å². The predicted octanol–water partition coefficient (Wildman–Crippen LogP) is -0.610. The van der Waals surface area contributed by atoms with E-state index >= 15 is 0 Å². The van der Waals surface area contributed by atoms with Crippen LogP contribution in [0.15, 0.2) is 24.3 Å². The number of aromatic hydroxyl groups is 1. The van der Waals surface area contributed by atoms with Gasteiger partial charge in [0.05, 0.1) is 13.2 Å². The Morgan fingerprint density at radius 3 is 2.47 bits per heavy atom. The maximum atomic E-state index is 9.65. The van der Waals surface area contributed by atoms with Gasteiger partial charge in [-0.3, -0.25) is 0 Å². The van der Waals surface area contributed by atoms with Crippen molar-refractivity contribution in [1.82, 2.24) is 0 Å². The summed E-state index contributed by atoms with van der Waals surface area (Å²) in [5.74, 6) is 0.202. The van der Waals surface area contributed by atoms with Crippen LogP contribution in [0.25, 0.3) is 0 Å². The molecular formula is C13H18O6. The lowest BCUT2D eigenvalue weighted by Gasteiger charge is -2.34. The summed E-state index contributed by atoms with van der Waals surface area (Å²) in [7, 11) is 0. The van der Waals surface area contributed by atoms with Crippen molar-refractivity contribution < 1.29 is 29.9 Å². The minimum atomic E-state index is -1.26. The van der Waals surface area contributed by atoms with Gasteiger partial charge in [0.15, 0.2) is 6.29 Å². The van der Waals surface area contributed by atoms with Gasteiger partial charge in [-0.05, 0) is 24.1 Å². The van der Waals surface area contributed by atoms with Gasteiger partial charge < -0.3 is 29.9 Å². The van der Waals surface area contributed by atoms with Crippen molar-refractivity contribution in [2.75, 3.05) is 13.2 Å². The fourth-order valence-corrected chi connectivity index (χ4v) is 1.88. The maximum Gasteiger partial charge on any atom is 0.186 e. The normalized spacial score (nSPS) is 31.3. The van der Waals surface area contributed by atoms with Crippen LogP contribution in [0, 0.1) is 0 Å². The molecule has 1 aromatic rings. The number of rotatable bonds is 4. The lowest BCUT2D eigenvalue weighted by atomic mass is 10.1. The molecular weight excluding hydrogens is 252 g/mol. The summed E-state index contributed by atoms with van der Waals surface area (Å²) in [6, 6.07) is 6.72. The molecule has 1 heterocycles. The highest BCUT2D eigenvalue weighted by Crippen LogP contribution is 2.17. The largest absolute Gasteiger partial charge is 0.508 e. The first-order valence-corrected chi connectivity index (χ1v) is 6.13. The zero-order valence-electron chi connectivity index (χ0n) is 10.3. The third kappa shape index (κ3) is 3.65. The van der Waals surface area contributed by atoms with Crippen LogP contribution in [-0.2, 0) is 15.9 Å². The highest BCUT2D eigenvalue weighted by atomic mass is 16.7. The summed E-state index contributed by atoms with van der Waals surface area (Å²) in [6.45, 7) is 0.234. The van der Waals surface area contributed by atoms with Crippen LogP contribution in [0.3, 0.4) is 0 Å². The Bertz CT molecular complexity index is 393. The molecule has 1 aliphatic rings. The number of ether oxygens (including phenoxy) is 2. The minimum absolute atomic E-state index is 0.0674. The first-order valence-electron chi connectivity index (χ1n) is 6.13. The Kier molecular flexibility index (Phi) is 4.73. The zero-order chi connectivity index (χ0) is 13.8. The topological polar surface area (TPSA) is 99.4 Å². The van der Waals surface area contributed by atoms with Gasteiger partial charge in [-0.25, -0.2) is 0 Å². The van der Waals surface area contributed by atoms with Gasteiger partial charge in [0.1, 0.15) is 24.1 Å². The smallest absolute Gasteiger partial charge is 0.186 e. The third-order valence-electron chi connectivity index (χ3n) is 3.06. The summed E-state index contributed by atoms with van der Waals surface area (Å²) in [5, 5.41) is 37.5. The van der Waals surface area contributed by atoms with E-state index in [1.807, 2.05) is 0 Å². The van der Waals surface area contributed by atoms with Gasteiger partial charge >= 0.3 is 0 Å². The van der Waals surface area contributed by atoms with E-state index < -0.39 is 24.6 Å². The van der Waals surface area contributed by atoms with Gasteiger partial charge in [0.2, 0.25) is 0 Å². The molecule has 0 aliphatic carbocycles. The quantitative estimate of drug-likeness (QED) is 0.582. The van der Waals surface area contributed by atoms with Crippen LogP contribution in [0.5, 0.6) is 5.75 Å². The van der Waals surface area contributed by atoms with Crippen LogP contribution in [0.2, 0.25) is 0 Å². The van der Waals surface area contributed by atoms with Crippen LogP contribution in [0.1, 0.15) is 5.56 Å². The number of hydrogen-bond donors (Lipinski definition) is 4. The van der Waals surface area contributed by atoms with Gasteiger partial charge in [0, 0.05) is 0 Å². The Morgan fingerprint density at radius 2 is 1.79 bits per heavy atom. The SMILES string of the molecule is Oc1ccc(CCOC2OCC(O)C(O)C2O)cc1. The number of aliphatic hydroxyl groups is 3. The highest BCUT2D eigenvalue weighted by molar-refractivity contribution is 5.25. The number of benzene rings is 1. The second-order valence-corrected chi connectivity index (χ2v) is 4.54. The summed E-state index contributed by atoms with van der Waals surface area (Å²) in [6.07, 6.45) is -3.95. The first kappa shape index (κ1) is 14.2. The van der Waals surface area contributed by atoms with E-state index in [1.54, 1.807) is 24.3 Å². The van der Waals surface area contributed by atoms with Gasteiger partial charge in [-0.15, -0.1) is 0 Å². The first-order chi connectivity index (χ1) is 9.08. The molecule has 0 spiro atoms. The lowest BCUT2D eigenvalue weighted by molar-refractivity contribution is -0.269. The predicted molar refractivity (Wildman–Crippen MR) is 65.5 cm³/mol. The van der Waals surface area contributed by atoms with E-state index in [4.69, 9.17) is 14.6 Å². The fourth-order valence-electron chi connectivity index (χ4n) is 1.88. The average Bonchev–Trinajstić information content (AvgIpc) is 2.41. The summed E-state index contributed by atoms with van der Waals surface area (Å²) in [5.41, 5.74) is 0.976. The maximum absolute atomic E-state index is 9.65. The minimum Gasteiger partial charge on any atom is -0.508 e. The molecule has 19 heavy (non-hydrogen) atoms. The highest BCUT2D eigenvalue weighted by Gasteiger charge is 2.37. The molecule has 106 valence electrons. The standard InChI is InChI=1S/C13H18O6/c14-9-3-1-8(2-4-9)5-6-18-13-12(17)11(16)10(15)7-19-13/h1-4,10-17H,5-7H2. The van der Waals surface area contributed by atoms with Crippen molar-refractivity contribution >= 4 is 0 Å². The van der Waals surface area contributed by atoms with Crippen LogP contribution in [-0.4, -0.2) is 58.2 Å². The van der Waals surface area contributed by atoms with E-state index in [1.165, 1.54) is 0 Å². The van der Waals surface area contributed by atoms with E-state index in [9.17, 15) is 15.3 Å².